The van der Waals surface area contributed by atoms with Gasteiger partial charge in [0.15, 0.2) is 0 Å². The monoisotopic (exact) mass is 184 g/mol. The first-order valence-electron chi connectivity index (χ1n) is 3.33. The van der Waals surface area contributed by atoms with Gasteiger partial charge in [0.25, 0.3) is 0 Å². The largest absolute Gasteiger partial charge is 0.382 e. The van der Waals surface area contributed by atoms with E-state index in [1.54, 1.807) is 0 Å². The van der Waals surface area contributed by atoms with Crippen molar-refractivity contribution in [1.29, 1.82) is 0 Å². The van der Waals surface area contributed by atoms with E-state index in [-0.39, 0.29) is 0 Å². The van der Waals surface area contributed by atoms with Crippen LogP contribution in [0, 0.1) is 0 Å². The molecule has 0 spiro atoms. The molecule has 0 unspecified atom stereocenters. The second-order valence-corrected chi connectivity index (χ2v) is 2.73. The van der Waals surface area contributed by atoms with Crippen LogP contribution >= 0.6 is 11.6 Å². The number of hydrogen-bond acceptors (Lipinski definition) is 4. The number of anilines is 2. The van der Waals surface area contributed by atoms with Crippen molar-refractivity contribution in [3.63, 3.8) is 0 Å². The van der Waals surface area contributed by atoms with E-state index >= 15 is 0 Å². The maximum Gasteiger partial charge on any atom is 0.144 e. The summed E-state index contributed by atoms with van der Waals surface area (Å²) in [6.45, 7) is 3.99. The lowest BCUT2D eigenvalue weighted by Crippen LogP contribution is -2.03. The zero-order valence-corrected chi connectivity index (χ0v) is 7.17. The summed E-state index contributed by atoms with van der Waals surface area (Å²) in [6, 6.07) is 0. The summed E-state index contributed by atoms with van der Waals surface area (Å²) in [5.74, 6) is 1.02. The van der Waals surface area contributed by atoms with Gasteiger partial charge in [0.1, 0.15) is 11.6 Å². The van der Waals surface area contributed by atoms with Crippen molar-refractivity contribution in [2.75, 3.05) is 17.6 Å². The maximum atomic E-state index is 5.53. The van der Waals surface area contributed by atoms with E-state index in [0.717, 1.165) is 0 Å². The summed E-state index contributed by atoms with van der Waals surface area (Å²) in [4.78, 5) is 7.79. The van der Waals surface area contributed by atoms with E-state index in [1.807, 2.05) is 0 Å². The van der Waals surface area contributed by atoms with Crippen molar-refractivity contribution < 1.29 is 0 Å². The Balaban J connectivity index is 2.53. The normalized spacial score (nSPS) is 9.42. The van der Waals surface area contributed by atoms with E-state index in [4.69, 9.17) is 17.3 Å². The van der Waals surface area contributed by atoms with Gasteiger partial charge in [-0.3, -0.25) is 0 Å². The van der Waals surface area contributed by atoms with Gasteiger partial charge >= 0.3 is 0 Å². The third-order valence-corrected chi connectivity index (χ3v) is 1.27. The molecule has 64 valence electrons. The van der Waals surface area contributed by atoms with Gasteiger partial charge in [-0.05, 0) is 0 Å². The second-order valence-electron chi connectivity index (χ2n) is 2.20. The molecule has 0 aromatic carbocycles. The molecule has 3 N–H and O–H groups in total. The average molecular weight is 185 g/mol. The first-order valence-corrected chi connectivity index (χ1v) is 3.71. The molecular formula is C7H9ClN4. The molecule has 0 amide bonds. The number of nitrogen functional groups attached to an aromatic ring is 1. The minimum atomic E-state index is 0.394. The smallest absolute Gasteiger partial charge is 0.144 e. The summed E-state index contributed by atoms with van der Waals surface area (Å²) in [7, 11) is 0. The fourth-order valence-electron chi connectivity index (χ4n) is 0.616. The van der Waals surface area contributed by atoms with Gasteiger partial charge in [-0.1, -0.05) is 18.2 Å². The molecule has 0 aliphatic heterocycles. The Labute approximate surface area is 75.5 Å². The number of halogens is 1. The summed E-state index contributed by atoms with van der Waals surface area (Å²) >= 11 is 5.53. The first kappa shape index (κ1) is 8.80. The minimum Gasteiger partial charge on any atom is -0.382 e. The molecule has 0 saturated heterocycles. The molecule has 5 heteroatoms. The lowest BCUT2D eigenvalue weighted by atomic mass is 10.5. The van der Waals surface area contributed by atoms with Gasteiger partial charge in [-0.25, -0.2) is 9.97 Å². The zero-order chi connectivity index (χ0) is 8.97. The molecule has 1 rings (SSSR count). The molecule has 0 atom stereocenters. The van der Waals surface area contributed by atoms with Crippen molar-refractivity contribution in [3.05, 3.63) is 24.0 Å². The first-order chi connectivity index (χ1) is 5.68. The standard InChI is InChI=1S/C7H9ClN4/c1-5(8)2-11-7-4-10-6(9)3-12-7/h3-4H,1-2H2,(H2,9,10)(H,11,12). The van der Waals surface area contributed by atoms with E-state index in [2.05, 4.69) is 21.9 Å². The molecule has 12 heavy (non-hydrogen) atoms. The molecule has 1 aromatic rings. The Bertz CT molecular complexity index is 269. The molecule has 0 aliphatic carbocycles. The van der Waals surface area contributed by atoms with Gasteiger partial charge < -0.3 is 11.1 Å². The van der Waals surface area contributed by atoms with E-state index < -0.39 is 0 Å². The van der Waals surface area contributed by atoms with Gasteiger partial charge in [-0.15, -0.1) is 0 Å². The van der Waals surface area contributed by atoms with Gasteiger partial charge in [0.05, 0.1) is 18.9 Å². The Morgan fingerprint density at radius 2 is 2.33 bits per heavy atom. The van der Waals surface area contributed by atoms with Crippen molar-refractivity contribution in [1.82, 2.24) is 9.97 Å². The number of hydrogen-bond donors (Lipinski definition) is 2. The fourth-order valence-corrected chi connectivity index (χ4v) is 0.683. The molecule has 1 aromatic heterocycles. The van der Waals surface area contributed by atoms with Crippen molar-refractivity contribution in [2.24, 2.45) is 0 Å². The zero-order valence-electron chi connectivity index (χ0n) is 6.42. The van der Waals surface area contributed by atoms with E-state index in [1.165, 1.54) is 12.4 Å². The highest BCUT2D eigenvalue weighted by molar-refractivity contribution is 6.29. The van der Waals surface area contributed by atoms with Gasteiger partial charge in [0, 0.05) is 5.03 Å². The van der Waals surface area contributed by atoms with Crippen molar-refractivity contribution >= 4 is 23.2 Å². The lowest BCUT2D eigenvalue weighted by molar-refractivity contribution is 1.16. The molecule has 1 heterocycles. The number of nitrogens with one attached hydrogen (secondary N) is 1. The Morgan fingerprint density at radius 1 is 1.58 bits per heavy atom. The topological polar surface area (TPSA) is 63.8 Å². The summed E-state index contributed by atoms with van der Waals surface area (Å²) in [5.41, 5.74) is 5.34. The third-order valence-electron chi connectivity index (χ3n) is 1.13. The van der Waals surface area contributed by atoms with Crippen LogP contribution in [0.2, 0.25) is 0 Å². The van der Waals surface area contributed by atoms with Gasteiger partial charge in [-0.2, -0.15) is 0 Å². The third kappa shape index (κ3) is 2.75. The maximum absolute atomic E-state index is 5.53. The number of nitrogens with two attached hydrogens (primary N) is 1. The highest BCUT2D eigenvalue weighted by Crippen LogP contribution is 2.03. The van der Waals surface area contributed by atoms with Crippen LogP contribution in [0.4, 0.5) is 11.6 Å². The molecule has 0 aliphatic rings. The highest BCUT2D eigenvalue weighted by Gasteiger charge is 1.93. The molecule has 0 radical (unpaired) electrons. The Kier molecular flexibility index (Phi) is 2.88. The Morgan fingerprint density at radius 3 is 2.83 bits per heavy atom. The van der Waals surface area contributed by atoms with Gasteiger partial charge in [0.2, 0.25) is 0 Å². The van der Waals surface area contributed by atoms with Crippen LogP contribution in [0.15, 0.2) is 24.0 Å². The Hall–Kier alpha value is -1.29. The molecule has 0 bridgehead atoms. The molecular weight excluding hydrogens is 176 g/mol. The van der Waals surface area contributed by atoms with Crippen LogP contribution in [0.25, 0.3) is 0 Å². The van der Waals surface area contributed by atoms with Crippen LogP contribution < -0.4 is 11.1 Å². The van der Waals surface area contributed by atoms with Crippen LogP contribution in [-0.4, -0.2) is 16.5 Å². The van der Waals surface area contributed by atoms with E-state index in [0.29, 0.717) is 23.2 Å². The van der Waals surface area contributed by atoms with E-state index in [9.17, 15) is 0 Å². The van der Waals surface area contributed by atoms with Crippen LogP contribution in [-0.2, 0) is 0 Å². The molecule has 0 fully saturated rings. The lowest BCUT2D eigenvalue weighted by Gasteiger charge is -2.02. The quantitative estimate of drug-likeness (QED) is 0.742. The predicted octanol–water partition coefficient (Wildman–Crippen LogP) is 1.22. The molecule has 0 saturated carbocycles. The minimum absolute atomic E-state index is 0.394. The summed E-state index contributed by atoms with van der Waals surface area (Å²) in [5, 5.41) is 3.43. The summed E-state index contributed by atoms with van der Waals surface area (Å²) in [6.07, 6.45) is 3.01. The number of aromatic nitrogens is 2. The van der Waals surface area contributed by atoms with Crippen molar-refractivity contribution in [3.8, 4) is 0 Å². The van der Waals surface area contributed by atoms with Crippen molar-refractivity contribution in [2.45, 2.75) is 0 Å². The SMILES string of the molecule is C=C(Cl)CNc1cnc(N)cn1. The number of nitrogens with zero attached hydrogens (tertiary/aromatic N) is 2. The fraction of sp³-hybridized carbons (Fsp3) is 0.143. The number of rotatable bonds is 3. The summed E-state index contributed by atoms with van der Waals surface area (Å²) < 4.78 is 0. The predicted molar refractivity (Wildman–Crippen MR) is 49.9 cm³/mol. The second kappa shape index (κ2) is 3.92. The van der Waals surface area contributed by atoms with Crippen LogP contribution in [0.3, 0.4) is 0 Å². The van der Waals surface area contributed by atoms with Crippen LogP contribution in [0.5, 0.6) is 0 Å². The highest BCUT2D eigenvalue weighted by atomic mass is 35.5. The van der Waals surface area contributed by atoms with Crippen LogP contribution in [0.1, 0.15) is 0 Å². The average Bonchev–Trinajstić information content (AvgIpc) is 2.03. The molecule has 4 nitrogen and oxygen atoms in total.